The van der Waals surface area contributed by atoms with Crippen molar-refractivity contribution < 1.29 is 13.7 Å². The van der Waals surface area contributed by atoms with E-state index in [2.05, 4.69) is 4.90 Å². The third kappa shape index (κ3) is 5.48. The van der Waals surface area contributed by atoms with Gasteiger partial charge >= 0.3 is 5.97 Å². The van der Waals surface area contributed by atoms with Crippen LogP contribution in [0.2, 0.25) is 0 Å². The molecule has 0 aromatic heterocycles. The van der Waals surface area contributed by atoms with Gasteiger partial charge in [0.1, 0.15) is 4.91 Å². The van der Waals surface area contributed by atoms with Gasteiger partial charge in [0.15, 0.2) is 0 Å². The zero-order valence-corrected chi connectivity index (χ0v) is 14.1. The normalized spacial score (nSPS) is 13.1. The van der Waals surface area contributed by atoms with Gasteiger partial charge in [-0.25, -0.2) is 9.00 Å². The fourth-order valence-corrected chi connectivity index (χ4v) is 2.84. The molecule has 0 aliphatic rings. The topological polar surface area (TPSA) is 46.6 Å². The third-order valence-electron chi connectivity index (χ3n) is 2.99. The Kier molecular flexibility index (Phi) is 8.22. The van der Waals surface area contributed by atoms with E-state index in [0.717, 1.165) is 13.1 Å². The maximum absolute atomic E-state index is 12.6. The smallest absolute Gasteiger partial charge is 0.347 e. The minimum atomic E-state index is -1.55. The SMILES string of the molecule is CCOC(=O)C(=CC=CN(CC)CC)S(=O)c1ccccc1. The van der Waals surface area contributed by atoms with E-state index < -0.39 is 16.8 Å². The van der Waals surface area contributed by atoms with Crippen LogP contribution in [0.25, 0.3) is 0 Å². The lowest BCUT2D eigenvalue weighted by Crippen LogP contribution is -2.15. The highest BCUT2D eigenvalue weighted by atomic mass is 32.2. The number of benzene rings is 1. The number of ether oxygens (including phenoxy) is 1. The number of allylic oxidation sites excluding steroid dienone is 2. The van der Waals surface area contributed by atoms with Crippen LogP contribution in [0.15, 0.2) is 58.5 Å². The summed E-state index contributed by atoms with van der Waals surface area (Å²) < 4.78 is 17.6. The molecule has 0 radical (unpaired) electrons. The van der Waals surface area contributed by atoms with Gasteiger partial charge in [-0.05, 0) is 51.3 Å². The highest BCUT2D eigenvalue weighted by Crippen LogP contribution is 2.16. The number of esters is 1. The molecule has 0 aliphatic carbocycles. The van der Waals surface area contributed by atoms with Crippen molar-refractivity contribution >= 4 is 16.8 Å². The molecule has 120 valence electrons. The molecule has 1 unspecified atom stereocenters. The second-order valence-electron chi connectivity index (χ2n) is 4.40. The Bertz CT molecular complexity index is 548. The lowest BCUT2D eigenvalue weighted by molar-refractivity contribution is -0.137. The fourth-order valence-electron chi connectivity index (χ4n) is 1.77. The Morgan fingerprint density at radius 1 is 1.18 bits per heavy atom. The zero-order chi connectivity index (χ0) is 16.4. The van der Waals surface area contributed by atoms with E-state index in [1.807, 2.05) is 26.1 Å². The van der Waals surface area contributed by atoms with Crippen LogP contribution in [-0.2, 0) is 20.3 Å². The number of carbonyl (C=O) groups is 1. The maximum Gasteiger partial charge on any atom is 0.347 e. The summed E-state index contributed by atoms with van der Waals surface area (Å²) >= 11 is 0. The Morgan fingerprint density at radius 2 is 1.82 bits per heavy atom. The molecule has 0 amide bonds. The number of hydrogen-bond donors (Lipinski definition) is 0. The van der Waals surface area contributed by atoms with Gasteiger partial charge in [-0.1, -0.05) is 18.2 Å². The Morgan fingerprint density at radius 3 is 2.36 bits per heavy atom. The molecule has 0 spiro atoms. The molecule has 0 fully saturated rings. The molecule has 5 heteroatoms. The summed E-state index contributed by atoms with van der Waals surface area (Å²) in [7, 11) is -1.55. The quantitative estimate of drug-likeness (QED) is 0.419. The number of rotatable bonds is 8. The molecule has 22 heavy (non-hydrogen) atoms. The predicted molar refractivity (Wildman–Crippen MR) is 89.6 cm³/mol. The molecule has 1 aromatic carbocycles. The van der Waals surface area contributed by atoms with E-state index >= 15 is 0 Å². The van der Waals surface area contributed by atoms with Gasteiger partial charge in [-0.2, -0.15) is 0 Å². The first-order valence-corrected chi connectivity index (χ1v) is 8.55. The molecule has 0 saturated heterocycles. The van der Waals surface area contributed by atoms with Gasteiger partial charge in [0.25, 0.3) is 0 Å². The highest BCUT2D eigenvalue weighted by molar-refractivity contribution is 7.90. The van der Waals surface area contributed by atoms with Crippen molar-refractivity contribution in [1.29, 1.82) is 0 Å². The van der Waals surface area contributed by atoms with Crippen LogP contribution in [0.4, 0.5) is 0 Å². The molecule has 0 saturated carbocycles. The van der Waals surface area contributed by atoms with E-state index in [0.29, 0.717) is 4.90 Å². The number of hydrogen-bond acceptors (Lipinski definition) is 4. The van der Waals surface area contributed by atoms with Crippen molar-refractivity contribution in [3.05, 3.63) is 53.6 Å². The average molecular weight is 321 g/mol. The first-order valence-electron chi connectivity index (χ1n) is 7.40. The van der Waals surface area contributed by atoms with Gasteiger partial charge in [-0.15, -0.1) is 0 Å². The zero-order valence-electron chi connectivity index (χ0n) is 13.3. The van der Waals surface area contributed by atoms with Crippen LogP contribution in [0.5, 0.6) is 0 Å². The summed E-state index contributed by atoms with van der Waals surface area (Å²) in [5, 5.41) is 0. The van der Waals surface area contributed by atoms with Crippen molar-refractivity contribution in [2.75, 3.05) is 19.7 Å². The molecule has 0 N–H and O–H groups in total. The molecule has 0 aliphatic heterocycles. The van der Waals surface area contributed by atoms with E-state index in [-0.39, 0.29) is 11.5 Å². The summed E-state index contributed by atoms with van der Waals surface area (Å²) in [6, 6.07) is 8.90. The Hall–Kier alpha value is -1.88. The van der Waals surface area contributed by atoms with Crippen molar-refractivity contribution in [1.82, 2.24) is 4.90 Å². The standard InChI is InChI=1S/C17H23NO3S/c1-4-18(5-2)14-10-13-16(17(19)21-6-3)22(20)15-11-8-7-9-12-15/h7-14H,4-6H2,1-3H3. The minimum Gasteiger partial charge on any atom is -0.462 e. The summed E-state index contributed by atoms with van der Waals surface area (Å²) in [4.78, 5) is 14.8. The van der Waals surface area contributed by atoms with Crippen LogP contribution >= 0.6 is 0 Å². The third-order valence-corrected chi connectivity index (χ3v) is 4.39. The van der Waals surface area contributed by atoms with Gasteiger partial charge in [0, 0.05) is 18.0 Å². The minimum absolute atomic E-state index is 0.149. The van der Waals surface area contributed by atoms with Crippen LogP contribution in [0.1, 0.15) is 20.8 Å². The maximum atomic E-state index is 12.6. The van der Waals surface area contributed by atoms with Gasteiger partial charge in [0.2, 0.25) is 0 Å². The van der Waals surface area contributed by atoms with Crippen molar-refractivity contribution in [3.8, 4) is 0 Å². The van der Waals surface area contributed by atoms with Gasteiger partial charge < -0.3 is 9.64 Å². The Balaban J connectivity index is 3.03. The predicted octanol–water partition coefficient (Wildman–Crippen LogP) is 3.10. The molecule has 0 bridgehead atoms. The van der Waals surface area contributed by atoms with E-state index in [1.165, 1.54) is 0 Å². The number of carbonyl (C=O) groups excluding carboxylic acids is 1. The summed E-state index contributed by atoms with van der Waals surface area (Å²) in [5.41, 5.74) is 0. The molecule has 1 rings (SSSR count). The van der Waals surface area contributed by atoms with Crippen molar-refractivity contribution in [2.45, 2.75) is 25.7 Å². The molecule has 0 heterocycles. The van der Waals surface area contributed by atoms with Crippen molar-refractivity contribution in [2.24, 2.45) is 0 Å². The fraction of sp³-hybridized carbons (Fsp3) is 0.353. The molecule has 1 aromatic rings. The van der Waals surface area contributed by atoms with Crippen LogP contribution in [0, 0.1) is 0 Å². The van der Waals surface area contributed by atoms with Crippen LogP contribution < -0.4 is 0 Å². The summed E-state index contributed by atoms with van der Waals surface area (Å²) in [6.45, 7) is 7.82. The molecule has 4 nitrogen and oxygen atoms in total. The lowest BCUT2D eigenvalue weighted by Gasteiger charge is -2.14. The first kappa shape index (κ1) is 18.2. The summed E-state index contributed by atoms with van der Waals surface area (Å²) in [6.07, 6.45) is 5.18. The second-order valence-corrected chi connectivity index (χ2v) is 5.84. The van der Waals surface area contributed by atoms with Gasteiger partial charge in [0.05, 0.1) is 17.4 Å². The lowest BCUT2D eigenvalue weighted by atomic mass is 10.4. The molecular weight excluding hydrogens is 298 g/mol. The van der Waals surface area contributed by atoms with E-state index in [4.69, 9.17) is 4.74 Å². The molecule has 1 atom stereocenters. The Labute approximate surface area is 134 Å². The molecular formula is C17H23NO3S. The second kappa shape index (κ2) is 9.95. The van der Waals surface area contributed by atoms with Crippen LogP contribution in [-0.4, -0.2) is 34.8 Å². The largest absolute Gasteiger partial charge is 0.462 e. The number of nitrogens with zero attached hydrogens (tertiary/aromatic N) is 1. The first-order chi connectivity index (χ1) is 10.6. The summed E-state index contributed by atoms with van der Waals surface area (Å²) in [5.74, 6) is -0.547. The average Bonchev–Trinajstić information content (AvgIpc) is 2.55. The van der Waals surface area contributed by atoms with Crippen LogP contribution in [0.3, 0.4) is 0 Å². The van der Waals surface area contributed by atoms with Gasteiger partial charge in [-0.3, -0.25) is 0 Å². The van der Waals surface area contributed by atoms with E-state index in [1.54, 1.807) is 43.3 Å². The van der Waals surface area contributed by atoms with Crippen molar-refractivity contribution in [3.63, 3.8) is 0 Å². The van der Waals surface area contributed by atoms with E-state index in [9.17, 15) is 9.00 Å². The highest BCUT2D eigenvalue weighted by Gasteiger charge is 2.18. The monoisotopic (exact) mass is 321 g/mol.